The molecule has 0 amide bonds. The number of nitrogens with zero attached hydrogens (tertiary/aromatic N) is 5. The van der Waals surface area contributed by atoms with Crippen LogP contribution in [0.3, 0.4) is 0 Å². The van der Waals surface area contributed by atoms with E-state index in [1.165, 1.54) is 0 Å². The number of hydrogen-bond donors (Lipinski definition) is 1. The van der Waals surface area contributed by atoms with Crippen molar-refractivity contribution in [3.63, 3.8) is 0 Å². The minimum atomic E-state index is -0.928. The minimum absolute atomic E-state index is 0.379. The van der Waals surface area contributed by atoms with Gasteiger partial charge in [0.1, 0.15) is 23.1 Å². The van der Waals surface area contributed by atoms with E-state index in [1.54, 1.807) is 4.68 Å². The maximum absolute atomic E-state index is 10.7. The minimum Gasteiger partial charge on any atom is -0.338 e. The van der Waals surface area contributed by atoms with Crippen molar-refractivity contribution in [1.29, 1.82) is 5.26 Å². The summed E-state index contributed by atoms with van der Waals surface area (Å²) < 4.78 is 1.78. The number of imidazole rings is 1. The Kier molecular flexibility index (Phi) is 7.69. The summed E-state index contributed by atoms with van der Waals surface area (Å²) in [7, 11) is 0. The number of H-pyrrole nitrogens is 1. The highest BCUT2D eigenvalue weighted by Crippen LogP contribution is 2.42. The van der Waals surface area contributed by atoms with Gasteiger partial charge < -0.3 is 4.98 Å². The first-order valence-electron chi connectivity index (χ1n) is 16.1. The lowest BCUT2D eigenvalue weighted by molar-refractivity contribution is 0.442. The van der Waals surface area contributed by atoms with Crippen LogP contribution in [0.5, 0.6) is 0 Å². The number of hydrogen-bond acceptors (Lipinski definition) is 4. The maximum Gasteiger partial charge on any atom is 0.168 e. The van der Waals surface area contributed by atoms with Gasteiger partial charge in [-0.1, -0.05) is 169 Å². The zero-order valence-electron chi connectivity index (χ0n) is 26.5. The average Bonchev–Trinajstić information content (AvgIpc) is 3.81. The van der Waals surface area contributed by atoms with Crippen molar-refractivity contribution in [3.05, 3.63) is 197 Å². The number of rotatable bonds is 8. The van der Waals surface area contributed by atoms with Gasteiger partial charge in [0.2, 0.25) is 0 Å². The summed E-state index contributed by atoms with van der Waals surface area (Å²) in [5.74, 6) is 0.856. The molecule has 8 rings (SSSR count). The molecule has 1 N–H and O–H groups in total. The standard InChI is InChI=1S/C43H30N6/c44-30-40-41(47-48-49(40)43(35-12-4-1-5-13-35,36-14-6-2-7-15-36)37-16-8-3-9-17-37)33-26-22-31(23-27-33)20-21-32-24-28-34(29-25-32)42-45-38-18-10-11-19-39(38)46-42/h1-29H,(H,45,46)/b21-20+. The normalized spacial score (nSPS) is 11.6. The fourth-order valence-electron chi connectivity index (χ4n) is 6.50. The van der Waals surface area contributed by atoms with E-state index in [0.717, 1.165) is 55.8 Å². The first-order valence-corrected chi connectivity index (χ1v) is 16.1. The summed E-state index contributed by atoms with van der Waals surface area (Å²) in [5.41, 5.74) is 8.87. The molecule has 0 fully saturated rings. The quantitative estimate of drug-likeness (QED) is 0.134. The molecular formula is C43H30N6. The molecule has 0 bridgehead atoms. The highest BCUT2D eigenvalue weighted by molar-refractivity contribution is 5.80. The molecule has 0 spiro atoms. The van der Waals surface area contributed by atoms with Crippen LogP contribution in [0.4, 0.5) is 0 Å². The van der Waals surface area contributed by atoms with E-state index in [1.807, 2.05) is 103 Å². The molecule has 232 valence electrons. The van der Waals surface area contributed by atoms with Crippen LogP contribution >= 0.6 is 0 Å². The van der Waals surface area contributed by atoms with Crippen molar-refractivity contribution >= 4 is 23.2 Å². The number of aromatic amines is 1. The molecule has 6 aromatic carbocycles. The van der Waals surface area contributed by atoms with Gasteiger partial charge in [-0.25, -0.2) is 9.67 Å². The number of fused-ring (bicyclic) bond motifs is 1. The van der Waals surface area contributed by atoms with E-state index in [9.17, 15) is 5.26 Å². The molecule has 6 nitrogen and oxygen atoms in total. The van der Waals surface area contributed by atoms with Gasteiger partial charge in [-0.2, -0.15) is 5.26 Å². The summed E-state index contributed by atoms with van der Waals surface area (Å²) in [6, 6.07) is 57.4. The predicted molar refractivity (Wildman–Crippen MR) is 195 cm³/mol. The monoisotopic (exact) mass is 630 g/mol. The third kappa shape index (κ3) is 5.40. The molecule has 2 aromatic heterocycles. The van der Waals surface area contributed by atoms with Crippen LogP contribution in [0.25, 0.3) is 45.8 Å². The molecule has 8 aromatic rings. The van der Waals surface area contributed by atoms with Gasteiger partial charge >= 0.3 is 0 Å². The Balaban J connectivity index is 1.12. The van der Waals surface area contributed by atoms with Crippen molar-refractivity contribution in [1.82, 2.24) is 25.0 Å². The van der Waals surface area contributed by atoms with Crippen LogP contribution in [0, 0.1) is 11.3 Å². The Morgan fingerprint density at radius 1 is 0.571 bits per heavy atom. The van der Waals surface area contributed by atoms with Crippen molar-refractivity contribution in [2.24, 2.45) is 0 Å². The first kappa shape index (κ1) is 29.6. The molecule has 2 heterocycles. The molecule has 0 saturated carbocycles. The van der Waals surface area contributed by atoms with Crippen molar-refractivity contribution in [2.45, 2.75) is 5.54 Å². The van der Waals surface area contributed by atoms with Crippen LogP contribution in [0.2, 0.25) is 0 Å². The molecule has 0 aliphatic heterocycles. The van der Waals surface area contributed by atoms with Crippen molar-refractivity contribution in [3.8, 4) is 28.7 Å². The maximum atomic E-state index is 10.7. The molecule has 49 heavy (non-hydrogen) atoms. The third-order valence-corrected chi connectivity index (χ3v) is 8.89. The fraction of sp³-hybridized carbons (Fsp3) is 0.0233. The smallest absolute Gasteiger partial charge is 0.168 e. The van der Waals surface area contributed by atoms with Gasteiger partial charge in [0, 0.05) is 11.1 Å². The Labute approximate surface area is 284 Å². The number of benzene rings is 6. The Bertz CT molecular complexity index is 2290. The highest BCUT2D eigenvalue weighted by atomic mass is 15.5. The molecular weight excluding hydrogens is 601 g/mol. The van der Waals surface area contributed by atoms with Crippen LogP contribution in [-0.4, -0.2) is 25.0 Å². The van der Waals surface area contributed by atoms with E-state index in [4.69, 9.17) is 10.2 Å². The van der Waals surface area contributed by atoms with Gasteiger partial charge in [0.05, 0.1) is 11.0 Å². The number of para-hydroxylation sites is 2. The summed E-state index contributed by atoms with van der Waals surface area (Å²) in [4.78, 5) is 8.10. The van der Waals surface area contributed by atoms with E-state index >= 15 is 0 Å². The lowest BCUT2D eigenvalue weighted by Gasteiger charge is -2.36. The Hall–Kier alpha value is -6.84. The summed E-state index contributed by atoms with van der Waals surface area (Å²) in [6.45, 7) is 0. The van der Waals surface area contributed by atoms with Gasteiger partial charge in [-0.3, -0.25) is 0 Å². The van der Waals surface area contributed by atoms with Crippen LogP contribution in [-0.2, 0) is 5.54 Å². The lowest BCUT2D eigenvalue weighted by Crippen LogP contribution is -2.39. The SMILES string of the molecule is N#Cc1c(-c2ccc(/C=C/c3ccc(-c4nc5ccccc5[nH]4)cc3)cc2)nnn1C(c1ccccc1)(c1ccccc1)c1ccccc1. The second-order valence-corrected chi connectivity index (χ2v) is 11.8. The fourth-order valence-corrected chi connectivity index (χ4v) is 6.50. The van der Waals surface area contributed by atoms with Gasteiger partial charge in [-0.15, -0.1) is 5.10 Å². The van der Waals surface area contributed by atoms with E-state index in [0.29, 0.717) is 11.4 Å². The van der Waals surface area contributed by atoms with Crippen LogP contribution < -0.4 is 0 Å². The second kappa shape index (κ2) is 12.7. The molecule has 0 atom stereocenters. The zero-order chi connectivity index (χ0) is 33.0. The zero-order valence-corrected chi connectivity index (χ0v) is 26.5. The summed E-state index contributed by atoms with van der Waals surface area (Å²) in [6.07, 6.45) is 4.16. The third-order valence-electron chi connectivity index (χ3n) is 8.89. The molecule has 0 unspecified atom stereocenters. The van der Waals surface area contributed by atoms with Gasteiger partial charge in [0.25, 0.3) is 0 Å². The first-order chi connectivity index (χ1) is 24.2. The lowest BCUT2D eigenvalue weighted by atomic mass is 9.77. The highest BCUT2D eigenvalue weighted by Gasteiger charge is 2.42. The van der Waals surface area contributed by atoms with Crippen LogP contribution in [0.1, 0.15) is 33.5 Å². The summed E-state index contributed by atoms with van der Waals surface area (Å²) >= 11 is 0. The van der Waals surface area contributed by atoms with E-state index < -0.39 is 5.54 Å². The Morgan fingerprint density at radius 3 is 1.57 bits per heavy atom. The summed E-state index contributed by atoms with van der Waals surface area (Å²) in [5, 5.41) is 20.0. The topological polar surface area (TPSA) is 83.2 Å². The molecule has 0 radical (unpaired) electrons. The van der Waals surface area contributed by atoms with Crippen molar-refractivity contribution < 1.29 is 0 Å². The Morgan fingerprint density at radius 2 is 1.06 bits per heavy atom. The second-order valence-electron chi connectivity index (χ2n) is 11.8. The largest absolute Gasteiger partial charge is 0.338 e. The van der Waals surface area contributed by atoms with Crippen molar-refractivity contribution in [2.75, 3.05) is 0 Å². The van der Waals surface area contributed by atoms with E-state index in [-0.39, 0.29) is 0 Å². The van der Waals surface area contributed by atoms with Gasteiger partial charge in [-0.05, 0) is 39.9 Å². The number of aromatic nitrogens is 5. The predicted octanol–water partition coefficient (Wildman–Crippen LogP) is 9.37. The average molecular weight is 631 g/mol. The molecule has 6 heteroatoms. The molecule has 0 aliphatic rings. The number of nitrogens with one attached hydrogen (secondary N) is 1. The van der Waals surface area contributed by atoms with E-state index in [2.05, 4.69) is 89.0 Å². The van der Waals surface area contributed by atoms with Crippen LogP contribution in [0.15, 0.2) is 164 Å². The molecule has 0 saturated heterocycles. The van der Waals surface area contributed by atoms with Gasteiger partial charge in [0.15, 0.2) is 5.69 Å². The number of nitriles is 1. The molecule has 0 aliphatic carbocycles.